The Morgan fingerprint density at radius 3 is 2.81 bits per heavy atom. The molecule has 2 aromatic rings. The molecule has 0 bridgehead atoms. The minimum Gasteiger partial charge on any atom is -0.508 e. The standard InChI is InChI=1S/C17H17NO3/c19-13-5-3-4-12(10-13)11-17(21)18-9-8-16(20)14-6-1-2-7-15(14)18/h1-7,10,16,19-20H,8-9,11H2. The summed E-state index contributed by atoms with van der Waals surface area (Å²) in [5.74, 6) is 0.134. The Bertz CT molecular complexity index is 669. The number of nitrogens with zero attached hydrogens (tertiary/aromatic N) is 1. The van der Waals surface area contributed by atoms with Crippen molar-refractivity contribution in [3.8, 4) is 5.75 Å². The molecular weight excluding hydrogens is 266 g/mol. The second kappa shape index (κ2) is 5.58. The monoisotopic (exact) mass is 283 g/mol. The molecule has 1 aliphatic rings. The summed E-state index contributed by atoms with van der Waals surface area (Å²) in [5.41, 5.74) is 2.36. The van der Waals surface area contributed by atoms with Crippen LogP contribution in [0.2, 0.25) is 0 Å². The van der Waals surface area contributed by atoms with Crippen molar-refractivity contribution in [2.75, 3.05) is 11.4 Å². The number of carbonyl (C=O) groups excluding carboxylic acids is 1. The van der Waals surface area contributed by atoms with Gasteiger partial charge in [0.25, 0.3) is 0 Å². The van der Waals surface area contributed by atoms with Crippen molar-refractivity contribution in [3.63, 3.8) is 0 Å². The fourth-order valence-corrected chi connectivity index (χ4v) is 2.74. The van der Waals surface area contributed by atoms with Gasteiger partial charge in [0.15, 0.2) is 0 Å². The zero-order chi connectivity index (χ0) is 14.8. The van der Waals surface area contributed by atoms with Crippen molar-refractivity contribution in [2.45, 2.75) is 18.9 Å². The average molecular weight is 283 g/mol. The van der Waals surface area contributed by atoms with Crippen LogP contribution in [0.5, 0.6) is 5.75 Å². The SMILES string of the molecule is O=C(Cc1cccc(O)c1)N1CCC(O)c2ccccc21. The first-order valence-corrected chi connectivity index (χ1v) is 7.00. The number of anilines is 1. The van der Waals surface area contributed by atoms with Gasteiger partial charge in [-0.05, 0) is 30.2 Å². The molecule has 0 aromatic heterocycles. The summed E-state index contributed by atoms with van der Waals surface area (Å²) < 4.78 is 0. The van der Waals surface area contributed by atoms with Gasteiger partial charge in [-0.3, -0.25) is 4.79 Å². The number of carbonyl (C=O) groups is 1. The number of para-hydroxylation sites is 1. The first-order valence-electron chi connectivity index (χ1n) is 7.00. The summed E-state index contributed by atoms with van der Waals surface area (Å²) >= 11 is 0. The highest BCUT2D eigenvalue weighted by Gasteiger charge is 2.27. The fraction of sp³-hybridized carbons (Fsp3) is 0.235. The van der Waals surface area contributed by atoms with Gasteiger partial charge in [0.1, 0.15) is 5.75 Å². The van der Waals surface area contributed by atoms with E-state index in [1.54, 1.807) is 23.1 Å². The third-order valence-electron chi connectivity index (χ3n) is 3.78. The zero-order valence-corrected chi connectivity index (χ0v) is 11.6. The molecule has 0 spiro atoms. The van der Waals surface area contributed by atoms with Gasteiger partial charge in [-0.2, -0.15) is 0 Å². The van der Waals surface area contributed by atoms with Gasteiger partial charge in [0, 0.05) is 17.8 Å². The molecule has 3 rings (SSSR count). The van der Waals surface area contributed by atoms with Crippen molar-refractivity contribution in [1.29, 1.82) is 0 Å². The van der Waals surface area contributed by atoms with Crippen LogP contribution < -0.4 is 4.90 Å². The van der Waals surface area contributed by atoms with E-state index in [0.717, 1.165) is 16.8 Å². The van der Waals surface area contributed by atoms with E-state index in [1.807, 2.05) is 30.3 Å². The highest BCUT2D eigenvalue weighted by atomic mass is 16.3. The Labute approximate surface area is 123 Å². The van der Waals surface area contributed by atoms with E-state index >= 15 is 0 Å². The van der Waals surface area contributed by atoms with Crippen molar-refractivity contribution in [2.24, 2.45) is 0 Å². The molecule has 108 valence electrons. The van der Waals surface area contributed by atoms with Crippen LogP contribution in [0.3, 0.4) is 0 Å². The maximum Gasteiger partial charge on any atom is 0.231 e. The van der Waals surface area contributed by atoms with Crippen molar-refractivity contribution in [3.05, 3.63) is 59.7 Å². The highest BCUT2D eigenvalue weighted by Crippen LogP contribution is 2.33. The van der Waals surface area contributed by atoms with Crippen molar-refractivity contribution < 1.29 is 15.0 Å². The van der Waals surface area contributed by atoms with E-state index in [0.29, 0.717) is 13.0 Å². The van der Waals surface area contributed by atoms with E-state index in [-0.39, 0.29) is 18.1 Å². The third-order valence-corrected chi connectivity index (χ3v) is 3.78. The number of amides is 1. The maximum atomic E-state index is 12.5. The molecule has 1 atom stereocenters. The molecule has 1 amide bonds. The van der Waals surface area contributed by atoms with Gasteiger partial charge < -0.3 is 15.1 Å². The molecular formula is C17H17NO3. The van der Waals surface area contributed by atoms with Crippen LogP contribution in [0.1, 0.15) is 23.7 Å². The fourth-order valence-electron chi connectivity index (χ4n) is 2.74. The number of benzene rings is 2. The Morgan fingerprint density at radius 1 is 1.19 bits per heavy atom. The van der Waals surface area contributed by atoms with Crippen LogP contribution in [0.15, 0.2) is 48.5 Å². The molecule has 2 aromatic carbocycles. The molecule has 0 fully saturated rings. The van der Waals surface area contributed by atoms with E-state index in [2.05, 4.69) is 0 Å². The van der Waals surface area contributed by atoms with Crippen molar-refractivity contribution >= 4 is 11.6 Å². The molecule has 1 heterocycles. The second-order valence-corrected chi connectivity index (χ2v) is 5.26. The molecule has 0 aliphatic carbocycles. The van der Waals surface area contributed by atoms with Crippen LogP contribution in [-0.2, 0) is 11.2 Å². The predicted molar refractivity (Wildman–Crippen MR) is 80.2 cm³/mol. The van der Waals surface area contributed by atoms with E-state index in [4.69, 9.17) is 0 Å². The van der Waals surface area contributed by atoms with Crippen LogP contribution in [0.4, 0.5) is 5.69 Å². The minimum atomic E-state index is -0.508. The molecule has 4 heteroatoms. The summed E-state index contributed by atoms with van der Waals surface area (Å²) in [6.07, 6.45) is 0.271. The lowest BCUT2D eigenvalue weighted by Gasteiger charge is -2.32. The topological polar surface area (TPSA) is 60.8 Å². The number of aromatic hydroxyl groups is 1. The third kappa shape index (κ3) is 2.76. The number of fused-ring (bicyclic) bond motifs is 1. The van der Waals surface area contributed by atoms with Gasteiger partial charge >= 0.3 is 0 Å². The van der Waals surface area contributed by atoms with Crippen molar-refractivity contribution in [1.82, 2.24) is 0 Å². The molecule has 4 nitrogen and oxygen atoms in total. The average Bonchev–Trinajstić information content (AvgIpc) is 2.48. The number of phenols is 1. The normalized spacial score (nSPS) is 17.4. The Morgan fingerprint density at radius 2 is 2.00 bits per heavy atom. The number of rotatable bonds is 2. The Kier molecular flexibility index (Phi) is 3.62. The predicted octanol–water partition coefficient (Wildman–Crippen LogP) is 2.41. The van der Waals surface area contributed by atoms with Gasteiger partial charge in [0.2, 0.25) is 5.91 Å². The molecule has 0 saturated carbocycles. The van der Waals surface area contributed by atoms with Gasteiger partial charge in [0.05, 0.1) is 12.5 Å². The largest absolute Gasteiger partial charge is 0.508 e. The Balaban J connectivity index is 1.84. The van der Waals surface area contributed by atoms with E-state index in [9.17, 15) is 15.0 Å². The van der Waals surface area contributed by atoms with E-state index < -0.39 is 6.10 Å². The number of aliphatic hydroxyl groups excluding tert-OH is 1. The first-order chi connectivity index (χ1) is 10.1. The molecule has 21 heavy (non-hydrogen) atoms. The summed E-state index contributed by atoms with van der Waals surface area (Å²) in [5, 5.41) is 19.5. The zero-order valence-electron chi connectivity index (χ0n) is 11.6. The molecule has 0 radical (unpaired) electrons. The number of aliphatic hydroxyl groups is 1. The summed E-state index contributed by atoms with van der Waals surface area (Å²) in [7, 11) is 0. The van der Waals surface area contributed by atoms with Crippen LogP contribution >= 0.6 is 0 Å². The lowest BCUT2D eigenvalue weighted by molar-refractivity contribution is -0.118. The summed E-state index contributed by atoms with van der Waals surface area (Å²) in [6, 6.07) is 14.2. The first kappa shape index (κ1) is 13.6. The Hall–Kier alpha value is -2.33. The van der Waals surface area contributed by atoms with Crippen LogP contribution in [-0.4, -0.2) is 22.7 Å². The molecule has 2 N–H and O–H groups in total. The van der Waals surface area contributed by atoms with E-state index in [1.165, 1.54) is 0 Å². The molecule has 0 saturated heterocycles. The minimum absolute atomic E-state index is 0.0278. The lowest BCUT2D eigenvalue weighted by atomic mass is 9.98. The quantitative estimate of drug-likeness (QED) is 0.889. The van der Waals surface area contributed by atoms with Gasteiger partial charge in [-0.25, -0.2) is 0 Å². The maximum absolute atomic E-state index is 12.5. The highest BCUT2D eigenvalue weighted by molar-refractivity contribution is 5.96. The second-order valence-electron chi connectivity index (χ2n) is 5.26. The van der Waals surface area contributed by atoms with Gasteiger partial charge in [-0.1, -0.05) is 30.3 Å². The summed E-state index contributed by atoms with van der Waals surface area (Å²) in [6.45, 7) is 0.510. The smallest absolute Gasteiger partial charge is 0.231 e. The molecule has 1 aliphatic heterocycles. The molecule has 1 unspecified atom stereocenters. The number of phenolic OH excluding ortho intramolecular Hbond substituents is 1. The summed E-state index contributed by atoms with van der Waals surface area (Å²) in [4.78, 5) is 14.2. The number of hydrogen-bond acceptors (Lipinski definition) is 3. The number of hydrogen-bond donors (Lipinski definition) is 2. The van der Waals surface area contributed by atoms with Gasteiger partial charge in [-0.15, -0.1) is 0 Å². The lowest BCUT2D eigenvalue weighted by Crippen LogP contribution is -2.37. The van der Waals surface area contributed by atoms with Crippen LogP contribution in [0.25, 0.3) is 0 Å². The van der Waals surface area contributed by atoms with Crippen LogP contribution in [0, 0.1) is 0 Å².